The van der Waals surface area contributed by atoms with Crippen LogP contribution in [0.5, 0.6) is 0 Å². The van der Waals surface area contributed by atoms with E-state index in [1.54, 1.807) is 0 Å². The van der Waals surface area contributed by atoms with Gasteiger partial charge in [0.15, 0.2) is 5.78 Å². The molecule has 1 unspecified atom stereocenters. The van der Waals surface area contributed by atoms with Crippen molar-refractivity contribution < 1.29 is 4.79 Å². The molecule has 1 atom stereocenters. The van der Waals surface area contributed by atoms with Crippen molar-refractivity contribution in [1.82, 2.24) is 0 Å². The second kappa shape index (κ2) is 10.5. The van der Waals surface area contributed by atoms with Crippen molar-refractivity contribution in [3.05, 3.63) is 47.0 Å². The molecule has 0 N–H and O–H groups in total. The van der Waals surface area contributed by atoms with Gasteiger partial charge in [0.25, 0.3) is 0 Å². The number of rotatable bonds is 10. The van der Waals surface area contributed by atoms with Crippen LogP contribution in [0, 0.1) is 0 Å². The maximum Gasteiger partial charge on any atom is 0.186 e. The molecule has 0 saturated carbocycles. The Bertz CT molecular complexity index is 541. The van der Waals surface area contributed by atoms with Gasteiger partial charge in [0.2, 0.25) is 0 Å². The number of hydrogen-bond donors (Lipinski definition) is 0. The summed E-state index contributed by atoms with van der Waals surface area (Å²) in [6.45, 7) is 4.51. The SMILES string of the molecule is CCCCCCC1=CC(=O)c2ccccc2C(CCCCCC)C1. The molecule has 0 spiro atoms. The van der Waals surface area contributed by atoms with E-state index in [2.05, 4.69) is 26.0 Å². The molecule has 0 radical (unpaired) electrons. The van der Waals surface area contributed by atoms with E-state index in [0.29, 0.717) is 5.92 Å². The summed E-state index contributed by atoms with van der Waals surface area (Å²) < 4.78 is 0. The van der Waals surface area contributed by atoms with Gasteiger partial charge in [0.1, 0.15) is 0 Å². The van der Waals surface area contributed by atoms with Crippen molar-refractivity contribution in [2.75, 3.05) is 0 Å². The van der Waals surface area contributed by atoms with Crippen LogP contribution in [0.25, 0.3) is 0 Å². The standard InChI is InChI=1S/C23H34O/c1-3-5-7-9-13-19-17-20(14-10-8-6-4-2)21-15-11-12-16-22(21)23(24)18-19/h11-12,15-16,18,20H,3-10,13-14,17H2,1-2H3. The second-order valence-corrected chi connectivity index (χ2v) is 7.32. The molecule has 1 aliphatic carbocycles. The summed E-state index contributed by atoms with van der Waals surface area (Å²) in [5.41, 5.74) is 3.62. The number of fused-ring (bicyclic) bond motifs is 1. The topological polar surface area (TPSA) is 17.1 Å². The highest BCUT2D eigenvalue weighted by Gasteiger charge is 2.23. The van der Waals surface area contributed by atoms with E-state index in [0.717, 1.165) is 18.4 Å². The Balaban J connectivity index is 2.07. The number of unbranched alkanes of at least 4 members (excludes halogenated alkanes) is 6. The van der Waals surface area contributed by atoms with Gasteiger partial charge in [0, 0.05) is 5.56 Å². The maximum atomic E-state index is 12.7. The molecule has 24 heavy (non-hydrogen) atoms. The van der Waals surface area contributed by atoms with Gasteiger partial charge in [-0.2, -0.15) is 0 Å². The molecule has 1 aromatic carbocycles. The molecule has 0 saturated heterocycles. The molecule has 132 valence electrons. The van der Waals surface area contributed by atoms with Crippen LogP contribution < -0.4 is 0 Å². The molecule has 0 aromatic heterocycles. The molecule has 2 rings (SSSR count). The first kappa shape index (κ1) is 19.0. The fourth-order valence-corrected chi connectivity index (χ4v) is 3.85. The highest BCUT2D eigenvalue weighted by atomic mass is 16.1. The van der Waals surface area contributed by atoms with Crippen LogP contribution in [0.2, 0.25) is 0 Å². The first-order valence-electron chi connectivity index (χ1n) is 10.1. The van der Waals surface area contributed by atoms with Crippen LogP contribution >= 0.6 is 0 Å². The summed E-state index contributed by atoms with van der Waals surface area (Å²) in [5, 5.41) is 0. The summed E-state index contributed by atoms with van der Waals surface area (Å²) in [6.07, 6.45) is 15.7. The van der Waals surface area contributed by atoms with Crippen LogP contribution in [0.4, 0.5) is 0 Å². The normalized spacial score (nSPS) is 17.3. The lowest BCUT2D eigenvalue weighted by atomic mass is 9.85. The van der Waals surface area contributed by atoms with E-state index < -0.39 is 0 Å². The van der Waals surface area contributed by atoms with E-state index >= 15 is 0 Å². The van der Waals surface area contributed by atoms with Gasteiger partial charge >= 0.3 is 0 Å². The molecule has 0 heterocycles. The van der Waals surface area contributed by atoms with Crippen molar-refractivity contribution in [2.24, 2.45) is 0 Å². The average molecular weight is 327 g/mol. The number of benzene rings is 1. The maximum absolute atomic E-state index is 12.7. The predicted molar refractivity (Wildman–Crippen MR) is 104 cm³/mol. The zero-order valence-corrected chi connectivity index (χ0v) is 15.7. The highest BCUT2D eigenvalue weighted by Crippen LogP contribution is 2.36. The summed E-state index contributed by atoms with van der Waals surface area (Å²) in [5.74, 6) is 0.758. The Hall–Kier alpha value is -1.37. The molecule has 1 nitrogen and oxygen atoms in total. The van der Waals surface area contributed by atoms with Crippen LogP contribution in [-0.2, 0) is 0 Å². The van der Waals surface area contributed by atoms with E-state index in [1.807, 2.05) is 18.2 Å². The first-order chi connectivity index (χ1) is 11.8. The van der Waals surface area contributed by atoms with Gasteiger partial charge in [-0.1, -0.05) is 88.6 Å². The third kappa shape index (κ3) is 5.61. The van der Waals surface area contributed by atoms with Crippen molar-refractivity contribution in [2.45, 2.75) is 90.4 Å². The van der Waals surface area contributed by atoms with Crippen LogP contribution in [0.3, 0.4) is 0 Å². The summed E-state index contributed by atoms with van der Waals surface area (Å²) in [7, 11) is 0. The number of hydrogen-bond acceptors (Lipinski definition) is 1. The van der Waals surface area contributed by atoms with Gasteiger partial charge < -0.3 is 0 Å². The number of ketones is 1. The van der Waals surface area contributed by atoms with E-state index in [4.69, 9.17) is 0 Å². The average Bonchev–Trinajstić information content (AvgIpc) is 2.73. The van der Waals surface area contributed by atoms with Gasteiger partial charge in [-0.15, -0.1) is 0 Å². The molecule has 0 amide bonds. The molecule has 0 fully saturated rings. The monoisotopic (exact) mass is 326 g/mol. The lowest BCUT2D eigenvalue weighted by molar-refractivity contribution is 0.104. The molecule has 1 aliphatic rings. The Morgan fingerprint density at radius 2 is 1.62 bits per heavy atom. The van der Waals surface area contributed by atoms with Gasteiger partial charge in [-0.25, -0.2) is 0 Å². The largest absolute Gasteiger partial charge is 0.289 e. The van der Waals surface area contributed by atoms with Crippen molar-refractivity contribution >= 4 is 5.78 Å². The summed E-state index contributed by atoms with van der Waals surface area (Å²) in [4.78, 5) is 12.7. The number of carbonyl (C=O) groups excluding carboxylic acids is 1. The first-order valence-corrected chi connectivity index (χ1v) is 10.1. The molecular formula is C23H34O. The number of allylic oxidation sites excluding steroid dienone is 2. The quantitative estimate of drug-likeness (QED) is 0.415. The van der Waals surface area contributed by atoms with Crippen LogP contribution in [-0.4, -0.2) is 5.78 Å². The zero-order chi connectivity index (χ0) is 17.2. The Kier molecular flexibility index (Phi) is 8.28. The fraction of sp³-hybridized carbons (Fsp3) is 0.609. The number of carbonyl (C=O) groups is 1. The van der Waals surface area contributed by atoms with Gasteiger partial charge in [-0.3, -0.25) is 4.79 Å². The van der Waals surface area contributed by atoms with E-state index in [9.17, 15) is 4.79 Å². The van der Waals surface area contributed by atoms with Crippen molar-refractivity contribution in [3.63, 3.8) is 0 Å². The van der Waals surface area contributed by atoms with Crippen molar-refractivity contribution in [1.29, 1.82) is 0 Å². The lowest BCUT2D eigenvalue weighted by Gasteiger charge is -2.19. The molecule has 1 aromatic rings. The van der Waals surface area contributed by atoms with E-state index in [1.165, 1.54) is 68.9 Å². The predicted octanol–water partition coefficient (Wildman–Crippen LogP) is 7.22. The summed E-state index contributed by atoms with van der Waals surface area (Å²) in [6, 6.07) is 8.31. The second-order valence-electron chi connectivity index (χ2n) is 7.32. The van der Waals surface area contributed by atoms with Crippen LogP contribution in [0.15, 0.2) is 35.9 Å². The Labute approximate surface area is 148 Å². The minimum absolute atomic E-state index is 0.229. The Morgan fingerprint density at radius 3 is 2.38 bits per heavy atom. The Morgan fingerprint density at radius 1 is 0.917 bits per heavy atom. The fourth-order valence-electron chi connectivity index (χ4n) is 3.85. The molecule has 0 bridgehead atoms. The van der Waals surface area contributed by atoms with Crippen LogP contribution in [0.1, 0.15) is 106 Å². The van der Waals surface area contributed by atoms with Gasteiger partial charge in [-0.05, 0) is 43.2 Å². The van der Waals surface area contributed by atoms with Crippen molar-refractivity contribution in [3.8, 4) is 0 Å². The lowest BCUT2D eigenvalue weighted by Crippen LogP contribution is -2.04. The van der Waals surface area contributed by atoms with E-state index in [-0.39, 0.29) is 5.78 Å². The third-order valence-corrected chi connectivity index (χ3v) is 5.27. The third-order valence-electron chi connectivity index (χ3n) is 5.27. The zero-order valence-electron chi connectivity index (χ0n) is 15.7. The highest BCUT2D eigenvalue weighted by molar-refractivity contribution is 6.06. The van der Waals surface area contributed by atoms with Gasteiger partial charge in [0.05, 0.1) is 0 Å². The minimum atomic E-state index is 0.229. The molecular weight excluding hydrogens is 292 g/mol. The molecule has 0 aliphatic heterocycles. The minimum Gasteiger partial charge on any atom is -0.289 e. The molecule has 1 heteroatoms. The summed E-state index contributed by atoms with van der Waals surface area (Å²) >= 11 is 0. The smallest absolute Gasteiger partial charge is 0.186 e.